The van der Waals surface area contributed by atoms with E-state index >= 15 is 0 Å². The van der Waals surface area contributed by atoms with Crippen LogP contribution >= 0.6 is 0 Å². The van der Waals surface area contributed by atoms with Crippen LogP contribution in [0.1, 0.15) is 17.3 Å². The molecule has 0 saturated carbocycles. The van der Waals surface area contributed by atoms with Crippen LogP contribution in [0.5, 0.6) is 0 Å². The number of aromatic amines is 1. The maximum atomic E-state index is 12.4. The summed E-state index contributed by atoms with van der Waals surface area (Å²) in [5.74, 6) is -0.180. The topological polar surface area (TPSA) is 77.6 Å². The zero-order chi connectivity index (χ0) is 16.3. The van der Waals surface area contributed by atoms with Crippen molar-refractivity contribution >= 4 is 16.8 Å². The van der Waals surface area contributed by atoms with E-state index in [1.165, 1.54) is 0 Å². The van der Waals surface area contributed by atoms with E-state index in [4.69, 9.17) is 4.74 Å². The van der Waals surface area contributed by atoms with E-state index in [2.05, 4.69) is 15.2 Å². The van der Waals surface area contributed by atoms with E-state index in [0.29, 0.717) is 25.3 Å². The number of H-pyrrole nitrogens is 1. The average molecular weight is 317 g/mol. The van der Waals surface area contributed by atoms with Crippen LogP contribution in [0.15, 0.2) is 30.5 Å². The van der Waals surface area contributed by atoms with Crippen molar-refractivity contribution in [3.8, 4) is 0 Å². The van der Waals surface area contributed by atoms with Crippen molar-refractivity contribution < 1.29 is 14.6 Å². The quantitative estimate of drug-likeness (QED) is 0.768. The number of carbonyl (C=O) groups is 1. The molecule has 1 fully saturated rings. The lowest BCUT2D eigenvalue weighted by molar-refractivity contribution is -0.0213. The van der Waals surface area contributed by atoms with Gasteiger partial charge < -0.3 is 20.1 Å². The highest BCUT2D eigenvalue weighted by Gasteiger charge is 2.26. The van der Waals surface area contributed by atoms with Gasteiger partial charge in [0, 0.05) is 37.8 Å². The first-order chi connectivity index (χ1) is 11.1. The Morgan fingerprint density at radius 3 is 2.96 bits per heavy atom. The van der Waals surface area contributed by atoms with E-state index in [1.807, 2.05) is 24.4 Å². The zero-order valence-electron chi connectivity index (χ0n) is 13.3. The smallest absolute Gasteiger partial charge is 0.253 e. The molecule has 0 aliphatic carbocycles. The number of amides is 1. The van der Waals surface area contributed by atoms with Gasteiger partial charge in [-0.25, -0.2) is 0 Å². The number of rotatable bonds is 5. The fraction of sp³-hybridized carbons (Fsp3) is 0.471. The molecule has 23 heavy (non-hydrogen) atoms. The van der Waals surface area contributed by atoms with E-state index in [1.54, 1.807) is 13.0 Å². The summed E-state index contributed by atoms with van der Waals surface area (Å²) >= 11 is 0. The summed E-state index contributed by atoms with van der Waals surface area (Å²) in [6.45, 7) is 5.48. The van der Waals surface area contributed by atoms with Crippen molar-refractivity contribution in [2.24, 2.45) is 0 Å². The van der Waals surface area contributed by atoms with Crippen LogP contribution < -0.4 is 5.32 Å². The Morgan fingerprint density at radius 2 is 2.17 bits per heavy atom. The minimum atomic E-state index is -0.976. The minimum absolute atomic E-state index is 0.180. The largest absolute Gasteiger partial charge is 0.387 e. The fourth-order valence-corrected chi connectivity index (χ4v) is 2.94. The molecule has 6 heteroatoms. The third-order valence-corrected chi connectivity index (χ3v) is 4.13. The summed E-state index contributed by atoms with van der Waals surface area (Å²) < 4.78 is 5.31. The van der Waals surface area contributed by atoms with Crippen LogP contribution in [0.2, 0.25) is 0 Å². The molecule has 1 atom stereocenters. The Labute approximate surface area is 135 Å². The number of aliphatic hydroxyl groups is 1. The first kappa shape index (κ1) is 16.0. The summed E-state index contributed by atoms with van der Waals surface area (Å²) in [4.78, 5) is 17.7. The molecule has 1 unspecified atom stereocenters. The van der Waals surface area contributed by atoms with E-state index in [0.717, 1.165) is 24.0 Å². The van der Waals surface area contributed by atoms with Crippen LogP contribution in [-0.2, 0) is 4.74 Å². The summed E-state index contributed by atoms with van der Waals surface area (Å²) in [6.07, 6.45) is 1.82. The number of aromatic nitrogens is 1. The Balaban J connectivity index is 1.60. The van der Waals surface area contributed by atoms with Crippen molar-refractivity contribution in [2.45, 2.75) is 12.5 Å². The number of morpholine rings is 1. The van der Waals surface area contributed by atoms with Crippen LogP contribution in [0.3, 0.4) is 0 Å². The highest BCUT2D eigenvalue weighted by atomic mass is 16.5. The van der Waals surface area contributed by atoms with Gasteiger partial charge in [-0.05, 0) is 19.1 Å². The number of nitrogens with one attached hydrogen (secondary N) is 2. The third-order valence-electron chi connectivity index (χ3n) is 4.13. The second-order valence-corrected chi connectivity index (χ2v) is 6.32. The Bertz CT molecular complexity index is 675. The average Bonchev–Trinajstić information content (AvgIpc) is 3.02. The van der Waals surface area contributed by atoms with Crippen LogP contribution in [0.25, 0.3) is 10.9 Å². The van der Waals surface area contributed by atoms with Crippen LogP contribution in [0.4, 0.5) is 0 Å². The van der Waals surface area contributed by atoms with Crippen molar-refractivity contribution in [3.05, 3.63) is 36.0 Å². The summed E-state index contributed by atoms with van der Waals surface area (Å²) in [7, 11) is 0. The molecule has 1 amide bonds. The SMILES string of the molecule is CC(O)(CNC(=O)c1cccc2cc[nH]c12)CN1CCOCC1. The predicted octanol–water partition coefficient (Wildman–Crippen LogP) is 0.981. The highest BCUT2D eigenvalue weighted by Crippen LogP contribution is 2.17. The monoisotopic (exact) mass is 317 g/mol. The van der Waals surface area contributed by atoms with Gasteiger partial charge in [0.2, 0.25) is 0 Å². The molecule has 1 aromatic carbocycles. The molecule has 1 saturated heterocycles. The Kier molecular flexibility index (Phi) is 4.66. The standard InChI is InChI=1S/C17H23N3O3/c1-17(22,12-20-7-9-23-10-8-20)11-19-16(21)14-4-2-3-13-5-6-18-15(13)14/h2-6,18,22H,7-12H2,1H3,(H,19,21). The molecule has 0 bridgehead atoms. The second-order valence-electron chi connectivity index (χ2n) is 6.32. The van der Waals surface area contributed by atoms with Crippen LogP contribution in [0, 0.1) is 0 Å². The second kappa shape index (κ2) is 6.70. The number of benzene rings is 1. The zero-order valence-corrected chi connectivity index (χ0v) is 13.3. The number of ether oxygens (including phenoxy) is 1. The summed E-state index contributed by atoms with van der Waals surface area (Å²) in [5, 5.41) is 14.4. The highest BCUT2D eigenvalue weighted by molar-refractivity contribution is 6.05. The minimum Gasteiger partial charge on any atom is -0.387 e. The molecule has 1 aromatic heterocycles. The van der Waals surface area contributed by atoms with Crippen LogP contribution in [-0.4, -0.2) is 65.9 Å². The lowest BCUT2D eigenvalue weighted by atomic mass is 10.1. The fourth-order valence-electron chi connectivity index (χ4n) is 2.94. The van der Waals surface area contributed by atoms with Gasteiger partial charge in [-0.2, -0.15) is 0 Å². The maximum absolute atomic E-state index is 12.4. The van der Waals surface area contributed by atoms with Crippen molar-refractivity contribution in [2.75, 3.05) is 39.4 Å². The number of para-hydroxylation sites is 1. The molecule has 0 radical (unpaired) electrons. The molecule has 1 aliphatic heterocycles. The van der Waals surface area contributed by atoms with Gasteiger partial charge in [-0.1, -0.05) is 12.1 Å². The number of fused-ring (bicyclic) bond motifs is 1. The number of β-amino-alcohol motifs (C(OH)–C–C–N with tert-alkyl or cyclic N) is 1. The van der Waals surface area contributed by atoms with E-state index in [9.17, 15) is 9.90 Å². The van der Waals surface area contributed by atoms with Gasteiger partial charge >= 0.3 is 0 Å². The molecular formula is C17H23N3O3. The molecule has 2 heterocycles. The molecule has 0 spiro atoms. The van der Waals surface area contributed by atoms with Gasteiger partial charge in [-0.3, -0.25) is 9.69 Å². The summed E-state index contributed by atoms with van der Waals surface area (Å²) in [6, 6.07) is 7.53. The van der Waals surface area contributed by atoms with Gasteiger partial charge in [0.1, 0.15) is 0 Å². The van der Waals surface area contributed by atoms with E-state index < -0.39 is 5.60 Å². The Hall–Kier alpha value is -1.89. The van der Waals surface area contributed by atoms with Gasteiger partial charge in [0.05, 0.1) is 29.9 Å². The first-order valence-corrected chi connectivity index (χ1v) is 7.92. The molecular weight excluding hydrogens is 294 g/mol. The lowest BCUT2D eigenvalue weighted by Gasteiger charge is -2.33. The van der Waals surface area contributed by atoms with E-state index in [-0.39, 0.29) is 12.5 Å². The molecule has 2 aromatic rings. The molecule has 124 valence electrons. The van der Waals surface area contributed by atoms with Crippen molar-refractivity contribution in [3.63, 3.8) is 0 Å². The molecule has 3 N–H and O–H groups in total. The number of hydrogen-bond donors (Lipinski definition) is 3. The third kappa shape index (κ3) is 3.90. The van der Waals surface area contributed by atoms with Gasteiger partial charge in [0.25, 0.3) is 5.91 Å². The summed E-state index contributed by atoms with van der Waals surface area (Å²) in [5.41, 5.74) is 0.434. The lowest BCUT2D eigenvalue weighted by Crippen LogP contribution is -2.51. The van der Waals surface area contributed by atoms with Gasteiger partial charge in [-0.15, -0.1) is 0 Å². The number of nitrogens with zero attached hydrogens (tertiary/aromatic N) is 1. The molecule has 3 rings (SSSR count). The van der Waals surface area contributed by atoms with Crippen molar-refractivity contribution in [1.29, 1.82) is 0 Å². The number of hydrogen-bond acceptors (Lipinski definition) is 4. The van der Waals surface area contributed by atoms with Crippen molar-refractivity contribution in [1.82, 2.24) is 15.2 Å². The molecule has 6 nitrogen and oxygen atoms in total. The first-order valence-electron chi connectivity index (χ1n) is 7.92. The Morgan fingerprint density at radius 1 is 1.39 bits per heavy atom. The normalized spacial score (nSPS) is 18.7. The predicted molar refractivity (Wildman–Crippen MR) is 88.5 cm³/mol. The maximum Gasteiger partial charge on any atom is 0.253 e. The molecule has 1 aliphatic rings. The number of carbonyl (C=O) groups excluding carboxylic acids is 1. The van der Waals surface area contributed by atoms with Gasteiger partial charge in [0.15, 0.2) is 0 Å².